The third kappa shape index (κ3) is 2.22. The van der Waals surface area contributed by atoms with Gasteiger partial charge >= 0.3 is 0 Å². The van der Waals surface area contributed by atoms with Crippen LogP contribution in [0.4, 0.5) is 11.6 Å². The minimum absolute atomic E-state index is 0.0473. The molecule has 7 heteroatoms. The largest absolute Gasteiger partial charge is 0.504 e. The highest BCUT2D eigenvalue weighted by molar-refractivity contribution is 5.97. The molecule has 1 unspecified atom stereocenters. The molecule has 0 bridgehead atoms. The van der Waals surface area contributed by atoms with E-state index in [-0.39, 0.29) is 23.5 Å². The van der Waals surface area contributed by atoms with Crippen molar-refractivity contribution in [3.05, 3.63) is 30.1 Å². The molecule has 0 saturated carbocycles. The van der Waals surface area contributed by atoms with Gasteiger partial charge in [0.25, 0.3) is 0 Å². The lowest BCUT2D eigenvalue weighted by Crippen LogP contribution is -2.37. The van der Waals surface area contributed by atoms with Gasteiger partial charge in [-0.2, -0.15) is 5.10 Å². The maximum absolute atomic E-state index is 12.1. The molecule has 0 saturated heterocycles. The average molecular weight is 259 g/mol. The highest BCUT2D eigenvalue weighted by Gasteiger charge is 2.25. The molecule has 3 heterocycles. The Hall–Kier alpha value is -2.57. The Bertz CT molecular complexity index is 610. The number of hydrogen-bond acceptors (Lipinski definition) is 5. The molecule has 0 aromatic carbocycles. The molecule has 1 aliphatic rings. The summed E-state index contributed by atoms with van der Waals surface area (Å²) >= 11 is 0. The van der Waals surface area contributed by atoms with Crippen LogP contribution in [0.5, 0.6) is 5.75 Å². The van der Waals surface area contributed by atoms with Gasteiger partial charge in [-0.25, -0.2) is 4.98 Å². The summed E-state index contributed by atoms with van der Waals surface area (Å²) in [5.74, 6) is 0.671. The van der Waals surface area contributed by atoms with Crippen LogP contribution < -0.4 is 10.6 Å². The van der Waals surface area contributed by atoms with E-state index < -0.39 is 0 Å². The van der Waals surface area contributed by atoms with Crippen LogP contribution in [-0.2, 0) is 11.2 Å². The van der Waals surface area contributed by atoms with Gasteiger partial charge in [-0.3, -0.25) is 9.89 Å². The number of aromatic nitrogens is 3. The van der Waals surface area contributed by atoms with E-state index in [2.05, 4.69) is 25.8 Å². The Labute approximate surface area is 109 Å². The lowest BCUT2D eigenvalue weighted by Gasteiger charge is -2.23. The second-order valence-electron chi connectivity index (χ2n) is 4.37. The van der Waals surface area contributed by atoms with E-state index in [0.717, 1.165) is 17.8 Å². The van der Waals surface area contributed by atoms with Crippen LogP contribution in [0.25, 0.3) is 0 Å². The average Bonchev–Trinajstić information content (AvgIpc) is 2.88. The molecule has 7 nitrogen and oxygen atoms in total. The van der Waals surface area contributed by atoms with Crippen LogP contribution in [0.3, 0.4) is 0 Å². The minimum atomic E-state index is -0.366. The molecular weight excluding hydrogens is 246 g/mol. The summed E-state index contributed by atoms with van der Waals surface area (Å²) in [6.07, 6.45) is 4.72. The van der Waals surface area contributed by atoms with Gasteiger partial charge in [0, 0.05) is 11.8 Å². The maximum Gasteiger partial charge on any atom is 0.248 e. The van der Waals surface area contributed by atoms with E-state index in [1.807, 2.05) is 0 Å². The number of carbonyl (C=O) groups excluding carboxylic acids is 1. The number of pyridine rings is 1. The Morgan fingerprint density at radius 2 is 2.42 bits per heavy atom. The smallest absolute Gasteiger partial charge is 0.248 e. The molecule has 3 rings (SSSR count). The number of aromatic hydroxyl groups is 1. The first kappa shape index (κ1) is 11.5. The number of H-pyrrole nitrogens is 1. The van der Waals surface area contributed by atoms with E-state index in [1.165, 1.54) is 12.3 Å². The van der Waals surface area contributed by atoms with Gasteiger partial charge in [0.1, 0.15) is 11.9 Å². The molecule has 4 N–H and O–H groups in total. The molecule has 1 atom stereocenters. The number of amides is 1. The van der Waals surface area contributed by atoms with Crippen molar-refractivity contribution in [1.29, 1.82) is 0 Å². The van der Waals surface area contributed by atoms with Crippen LogP contribution in [0.15, 0.2) is 24.5 Å². The summed E-state index contributed by atoms with van der Waals surface area (Å²) in [6, 6.07) is 2.71. The standard InChI is InChI=1S/C12H13N5O2/c18-9-2-1-5-13-11(9)16-12(19)8-4-3-7-6-14-17-10(7)15-8/h1-2,5-6,8,18H,3-4H2,(H,13,16,19)(H2,14,15,17). The molecule has 2 aromatic rings. The van der Waals surface area contributed by atoms with E-state index in [4.69, 9.17) is 0 Å². The van der Waals surface area contributed by atoms with Crippen molar-refractivity contribution < 1.29 is 9.90 Å². The number of aryl methyl sites for hydroxylation is 1. The van der Waals surface area contributed by atoms with E-state index in [9.17, 15) is 9.90 Å². The summed E-state index contributed by atoms with van der Waals surface area (Å²) in [6.45, 7) is 0. The van der Waals surface area contributed by atoms with Crippen molar-refractivity contribution in [2.24, 2.45) is 0 Å². The van der Waals surface area contributed by atoms with Crippen molar-refractivity contribution in [3.63, 3.8) is 0 Å². The second kappa shape index (κ2) is 4.60. The Balaban J connectivity index is 1.71. The number of carbonyl (C=O) groups is 1. The van der Waals surface area contributed by atoms with Crippen LogP contribution in [0.1, 0.15) is 12.0 Å². The molecule has 1 amide bonds. The monoisotopic (exact) mass is 259 g/mol. The fourth-order valence-electron chi connectivity index (χ4n) is 2.07. The van der Waals surface area contributed by atoms with Crippen molar-refractivity contribution >= 4 is 17.5 Å². The second-order valence-corrected chi connectivity index (χ2v) is 4.37. The van der Waals surface area contributed by atoms with Crippen molar-refractivity contribution in [1.82, 2.24) is 15.2 Å². The summed E-state index contributed by atoms with van der Waals surface area (Å²) in [4.78, 5) is 16.0. The molecule has 0 radical (unpaired) electrons. The van der Waals surface area contributed by atoms with Gasteiger partial charge in [0.05, 0.1) is 6.20 Å². The maximum atomic E-state index is 12.1. The van der Waals surface area contributed by atoms with Gasteiger partial charge in [-0.05, 0) is 25.0 Å². The molecule has 1 aliphatic heterocycles. The predicted molar refractivity (Wildman–Crippen MR) is 68.9 cm³/mol. The number of fused-ring (bicyclic) bond motifs is 1. The Morgan fingerprint density at radius 1 is 1.53 bits per heavy atom. The fourth-order valence-corrected chi connectivity index (χ4v) is 2.07. The highest BCUT2D eigenvalue weighted by Crippen LogP contribution is 2.23. The zero-order chi connectivity index (χ0) is 13.2. The van der Waals surface area contributed by atoms with E-state index in [0.29, 0.717) is 6.42 Å². The zero-order valence-corrected chi connectivity index (χ0v) is 10.1. The highest BCUT2D eigenvalue weighted by atomic mass is 16.3. The summed E-state index contributed by atoms with van der Waals surface area (Å²) < 4.78 is 0. The minimum Gasteiger partial charge on any atom is -0.504 e. The number of nitrogens with zero attached hydrogens (tertiary/aromatic N) is 2. The van der Waals surface area contributed by atoms with Crippen molar-refractivity contribution in [2.75, 3.05) is 10.6 Å². The summed E-state index contributed by atoms with van der Waals surface area (Å²) in [5.41, 5.74) is 1.07. The van der Waals surface area contributed by atoms with E-state index >= 15 is 0 Å². The van der Waals surface area contributed by atoms with Gasteiger partial charge in [-0.15, -0.1) is 0 Å². The first-order valence-corrected chi connectivity index (χ1v) is 5.97. The molecule has 0 aliphatic carbocycles. The van der Waals surface area contributed by atoms with Gasteiger partial charge in [0.15, 0.2) is 11.6 Å². The van der Waals surface area contributed by atoms with E-state index in [1.54, 1.807) is 12.3 Å². The van der Waals surface area contributed by atoms with Crippen LogP contribution in [0, 0.1) is 0 Å². The number of anilines is 2. The quantitative estimate of drug-likeness (QED) is 0.641. The lowest BCUT2D eigenvalue weighted by atomic mass is 10.0. The van der Waals surface area contributed by atoms with Gasteiger partial charge in [-0.1, -0.05) is 0 Å². The predicted octanol–water partition coefficient (Wildman–Crippen LogP) is 0.876. The van der Waals surface area contributed by atoms with Crippen molar-refractivity contribution in [3.8, 4) is 5.75 Å². The van der Waals surface area contributed by atoms with Gasteiger partial charge in [0.2, 0.25) is 5.91 Å². The molecule has 0 fully saturated rings. The molecule has 0 spiro atoms. The number of rotatable bonds is 2. The van der Waals surface area contributed by atoms with Crippen LogP contribution in [-0.4, -0.2) is 32.2 Å². The zero-order valence-electron chi connectivity index (χ0n) is 10.1. The van der Waals surface area contributed by atoms with Crippen molar-refractivity contribution in [2.45, 2.75) is 18.9 Å². The van der Waals surface area contributed by atoms with Crippen LogP contribution in [0.2, 0.25) is 0 Å². The number of aromatic amines is 1. The first-order chi connectivity index (χ1) is 9.24. The molecule has 98 valence electrons. The summed E-state index contributed by atoms with van der Waals surface area (Å²) in [7, 11) is 0. The Kier molecular flexibility index (Phi) is 2.79. The third-order valence-corrected chi connectivity index (χ3v) is 3.08. The summed E-state index contributed by atoms with van der Waals surface area (Å²) in [5, 5.41) is 22.0. The van der Waals surface area contributed by atoms with Crippen LogP contribution >= 0.6 is 0 Å². The molecule has 2 aromatic heterocycles. The SMILES string of the molecule is O=C(Nc1ncccc1O)C1CCc2cn[nH]c2N1. The molecule has 19 heavy (non-hydrogen) atoms. The third-order valence-electron chi connectivity index (χ3n) is 3.08. The Morgan fingerprint density at radius 3 is 3.26 bits per heavy atom. The first-order valence-electron chi connectivity index (χ1n) is 5.97. The van der Waals surface area contributed by atoms with Gasteiger partial charge < -0.3 is 15.7 Å². The normalized spacial score (nSPS) is 17.4. The topological polar surface area (TPSA) is 103 Å². The number of nitrogens with one attached hydrogen (secondary N) is 3. The fraction of sp³-hybridized carbons (Fsp3) is 0.250. The number of hydrogen-bond donors (Lipinski definition) is 4. The lowest BCUT2D eigenvalue weighted by molar-refractivity contribution is -0.117. The molecular formula is C12H13N5O2.